The van der Waals surface area contributed by atoms with Crippen LogP contribution < -0.4 is 0 Å². The highest BCUT2D eigenvalue weighted by molar-refractivity contribution is 5.61. The molecule has 1 aliphatic rings. The molecule has 2 aromatic rings. The van der Waals surface area contributed by atoms with Crippen LogP contribution in [-0.4, -0.2) is 19.6 Å². The number of aliphatic hydroxyl groups excluding tert-OH is 1. The number of aliphatic hydroxyl groups is 1. The van der Waals surface area contributed by atoms with Gasteiger partial charge in [0.25, 0.3) is 0 Å². The van der Waals surface area contributed by atoms with Gasteiger partial charge < -0.3 is 14.7 Å². The average molecular weight is 217 g/mol. The molecule has 0 saturated carbocycles. The van der Waals surface area contributed by atoms with Crippen molar-refractivity contribution in [3.8, 4) is 11.3 Å². The van der Waals surface area contributed by atoms with Crippen LogP contribution in [0.5, 0.6) is 0 Å². The first-order chi connectivity index (χ1) is 7.90. The van der Waals surface area contributed by atoms with Gasteiger partial charge in [-0.25, -0.2) is 4.98 Å². The zero-order valence-corrected chi connectivity index (χ0v) is 9.11. The quantitative estimate of drug-likeness (QED) is 0.804. The smallest absolute Gasteiger partial charge is 0.109 e. The van der Waals surface area contributed by atoms with E-state index in [1.165, 1.54) is 12.8 Å². The summed E-state index contributed by atoms with van der Waals surface area (Å²) in [6.07, 6.45) is 7.22. The molecule has 3 rings (SSSR count). The molecule has 0 saturated heterocycles. The summed E-state index contributed by atoms with van der Waals surface area (Å²) < 4.78 is 2.17. The van der Waals surface area contributed by atoms with Gasteiger partial charge in [0, 0.05) is 30.9 Å². The molecule has 2 aromatic heterocycles. The molecule has 1 aliphatic heterocycles. The summed E-state index contributed by atoms with van der Waals surface area (Å²) >= 11 is 0. The molecule has 2 N–H and O–H groups in total. The first-order valence-corrected chi connectivity index (χ1v) is 5.72. The summed E-state index contributed by atoms with van der Waals surface area (Å²) in [5.74, 6) is 1.12. The first kappa shape index (κ1) is 9.66. The highest BCUT2D eigenvalue weighted by atomic mass is 16.3. The topological polar surface area (TPSA) is 53.8 Å². The van der Waals surface area contributed by atoms with E-state index in [9.17, 15) is 5.11 Å². The van der Waals surface area contributed by atoms with Gasteiger partial charge in [-0.3, -0.25) is 0 Å². The second kappa shape index (κ2) is 3.79. The maximum atomic E-state index is 9.49. The molecule has 84 valence electrons. The molecule has 3 heterocycles. The van der Waals surface area contributed by atoms with Gasteiger partial charge in [-0.05, 0) is 18.9 Å². The number of aryl methyl sites for hydroxylation is 1. The van der Waals surface area contributed by atoms with Crippen LogP contribution in [0.25, 0.3) is 11.3 Å². The Balaban J connectivity index is 2.14. The van der Waals surface area contributed by atoms with Gasteiger partial charge in [-0.1, -0.05) is 0 Å². The second-order valence-electron chi connectivity index (χ2n) is 4.19. The number of hydrogen-bond donors (Lipinski definition) is 2. The molecule has 0 atom stereocenters. The lowest BCUT2D eigenvalue weighted by Crippen LogP contribution is -2.12. The number of fused-ring (bicyclic) bond motifs is 1. The lowest BCUT2D eigenvalue weighted by atomic mass is 10.1. The van der Waals surface area contributed by atoms with Crippen molar-refractivity contribution in [3.63, 3.8) is 0 Å². The number of hydrogen-bond acceptors (Lipinski definition) is 2. The summed E-state index contributed by atoms with van der Waals surface area (Å²) in [4.78, 5) is 7.68. The van der Waals surface area contributed by atoms with Crippen LogP contribution in [-0.2, 0) is 19.6 Å². The van der Waals surface area contributed by atoms with Gasteiger partial charge >= 0.3 is 0 Å². The fourth-order valence-corrected chi connectivity index (χ4v) is 2.41. The standard InChI is InChI=1S/C12H15N3O/c16-8-10-12(9-4-5-13-7-9)14-11-3-1-2-6-15(10)11/h4-5,7,13,16H,1-3,6,8H2. The van der Waals surface area contributed by atoms with Crippen LogP contribution in [0.3, 0.4) is 0 Å². The molecule has 0 aromatic carbocycles. The van der Waals surface area contributed by atoms with Crippen LogP contribution in [0.4, 0.5) is 0 Å². The molecule has 4 nitrogen and oxygen atoms in total. The maximum absolute atomic E-state index is 9.49. The highest BCUT2D eigenvalue weighted by Gasteiger charge is 2.19. The van der Waals surface area contributed by atoms with Gasteiger partial charge in [0.15, 0.2) is 0 Å². The Kier molecular flexibility index (Phi) is 2.29. The van der Waals surface area contributed by atoms with E-state index in [4.69, 9.17) is 0 Å². The second-order valence-corrected chi connectivity index (χ2v) is 4.19. The van der Waals surface area contributed by atoms with Crippen LogP contribution in [0, 0.1) is 0 Å². The fraction of sp³-hybridized carbons (Fsp3) is 0.417. The van der Waals surface area contributed by atoms with Crippen LogP contribution in [0.2, 0.25) is 0 Å². The lowest BCUT2D eigenvalue weighted by molar-refractivity contribution is 0.268. The monoisotopic (exact) mass is 217 g/mol. The molecule has 0 amide bonds. The minimum atomic E-state index is 0.0630. The molecule has 0 fully saturated rings. The molecular formula is C12H15N3O. The number of imidazole rings is 1. The van der Waals surface area contributed by atoms with Gasteiger partial charge in [-0.15, -0.1) is 0 Å². The summed E-state index contributed by atoms with van der Waals surface area (Å²) in [7, 11) is 0. The van der Waals surface area contributed by atoms with Crippen molar-refractivity contribution < 1.29 is 5.11 Å². The summed E-state index contributed by atoms with van der Waals surface area (Å²) in [6.45, 7) is 1.05. The van der Waals surface area contributed by atoms with Crippen molar-refractivity contribution >= 4 is 0 Å². The Hall–Kier alpha value is -1.55. The van der Waals surface area contributed by atoms with Crippen molar-refractivity contribution in [1.29, 1.82) is 0 Å². The number of H-pyrrole nitrogens is 1. The summed E-state index contributed by atoms with van der Waals surface area (Å²) in [5.41, 5.74) is 2.95. The van der Waals surface area contributed by atoms with E-state index in [0.717, 1.165) is 35.7 Å². The van der Waals surface area contributed by atoms with E-state index < -0.39 is 0 Å². The van der Waals surface area contributed by atoms with Crippen LogP contribution >= 0.6 is 0 Å². The minimum absolute atomic E-state index is 0.0630. The Labute approximate surface area is 93.9 Å². The third kappa shape index (κ3) is 1.38. The van der Waals surface area contributed by atoms with Gasteiger partial charge in [0.05, 0.1) is 18.0 Å². The van der Waals surface area contributed by atoms with E-state index in [2.05, 4.69) is 14.5 Å². The zero-order chi connectivity index (χ0) is 11.0. The SMILES string of the molecule is OCc1c(-c2cc[nH]c2)nc2n1CCCC2. The van der Waals surface area contributed by atoms with Crippen molar-refractivity contribution in [1.82, 2.24) is 14.5 Å². The number of rotatable bonds is 2. The number of aromatic nitrogens is 3. The van der Waals surface area contributed by atoms with E-state index >= 15 is 0 Å². The zero-order valence-electron chi connectivity index (χ0n) is 9.11. The Bertz CT molecular complexity index is 485. The summed E-state index contributed by atoms with van der Waals surface area (Å²) in [5, 5.41) is 9.49. The normalized spacial score (nSPS) is 15.1. The number of aromatic amines is 1. The van der Waals surface area contributed by atoms with E-state index in [1.807, 2.05) is 18.5 Å². The Morgan fingerprint density at radius 3 is 3.12 bits per heavy atom. The van der Waals surface area contributed by atoms with E-state index in [-0.39, 0.29) is 6.61 Å². The molecule has 16 heavy (non-hydrogen) atoms. The van der Waals surface area contributed by atoms with Crippen molar-refractivity contribution in [2.24, 2.45) is 0 Å². The highest BCUT2D eigenvalue weighted by Crippen LogP contribution is 2.27. The number of nitrogens with zero attached hydrogens (tertiary/aromatic N) is 2. The number of nitrogens with one attached hydrogen (secondary N) is 1. The van der Waals surface area contributed by atoms with E-state index in [0.29, 0.717) is 0 Å². The van der Waals surface area contributed by atoms with E-state index in [1.54, 1.807) is 0 Å². The molecule has 0 aliphatic carbocycles. The fourth-order valence-electron chi connectivity index (χ4n) is 2.41. The van der Waals surface area contributed by atoms with Gasteiger partial charge in [0.1, 0.15) is 5.82 Å². The Morgan fingerprint density at radius 1 is 1.44 bits per heavy atom. The first-order valence-electron chi connectivity index (χ1n) is 5.72. The minimum Gasteiger partial charge on any atom is -0.390 e. The summed E-state index contributed by atoms with van der Waals surface area (Å²) in [6, 6.07) is 1.99. The molecule has 4 heteroatoms. The van der Waals surface area contributed by atoms with Crippen molar-refractivity contribution in [2.75, 3.05) is 0 Å². The average Bonchev–Trinajstić information content (AvgIpc) is 2.95. The predicted octanol–water partition coefficient (Wildman–Crippen LogP) is 1.71. The Morgan fingerprint density at radius 2 is 2.38 bits per heavy atom. The van der Waals surface area contributed by atoms with Crippen molar-refractivity contribution in [3.05, 3.63) is 30.0 Å². The maximum Gasteiger partial charge on any atom is 0.109 e. The van der Waals surface area contributed by atoms with Crippen molar-refractivity contribution in [2.45, 2.75) is 32.4 Å². The lowest BCUT2D eigenvalue weighted by Gasteiger charge is -2.15. The molecule has 0 unspecified atom stereocenters. The largest absolute Gasteiger partial charge is 0.390 e. The third-order valence-electron chi connectivity index (χ3n) is 3.20. The van der Waals surface area contributed by atoms with Crippen LogP contribution in [0.1, 0.15) is 24.4 Å². The predicted molar refractivity (Wildman–Crippen MR) is 60.9 cm³/mol. The molecular weight excluding hydrogens is 202 g/mol. The molecule has 0 spiro atoms. The van der Waals surface area contributed by atoms with Gasteiger partial charge in [-0.2, -0.15) is 0 Å². The van der Waals surface area contributed by atoms with Crippen LogP contribution in [0.15, 0.2) is 18.5 Å². The molecule has 0 bridgehead atoms. The molecule has 0 radical (unpaired) electrons. The van der Waals surface area contributed by atoms with Gasteiger partial charge in [0.2, 0.25) is 0 Å². The third-order valence-corrected chi connectivity index (χ3v) is 3.20.